The number of aryl methyl sites for hydroxylation is 2. The summed E-state index contributed by atoms with van der Waals surface area (Å²) in [4.78, 5) is 12.3. The van der Waals surface area contributed by atoms with Gasteiger partial charge in [0.1, 0.15) is 23.9 Å². The molecule has 0 fully saturated rings. The van der Waals surface area contributed by atoms with Crippen LogP contribution in [0.15, 0.2) is 42.5 Å². The Morgan fingerprint density at radius 2 is 1.88 bits per heavy atom. The molecule has 25 heavy (non-hydrogen) atoms. The number of nitrogens with one attached hydrogen (secondary N) is 1. The molecule has 1 N–H and O–H groups in total. The van der Waals surface area contributed by atoms with Crippen LogP contribution in [0.3, 0.4) is 0 Å². The van der Waals surface area contributed by atoms with Crippen LogP contribution >= 0.6 is 0 Å². The van der Waals surface area contributed by atoms with Crippen molar-refractivity contribution in [3.63, 3.8) is 0 Å². The van der Waals surface area contributed by atoms with E-state index in [4.69, 9.17) is 9.47 Å². The van der Waals surface area contributed by atoms with Crippen LogP contribution in [0.2, 0.25) is 0 Å². The first-order valence-electron chi connectivity index (χ1n) is 8.39. The van der Waals surface area contributed by atoms with Crippen molar-refractivity contribution in [2.75, 3.05) is 13.2 Å². The van der Waals surface area contributed by atoms with E-state index in [0.717, 1.165) is 16.9 Å². The first-order chi connectivity index (χ1) is 12.0. The lowest BCUT2D eigenvalue weighted by atomic mass is 10.1. The van der Waals surface area contributed by atoms with Gasteiger partial charge >= 0.3 is 0 Å². The van der Waals surface area contributed by atoms with E-state index in [2.05, 4.69) is 5.32 Å². The van der Waals surface area contributed by atoms with E-state index < -0.39 is 6.10 Å². The van der Waals surface area contributed by atoms with Gasteiger partial charge in [0, 0.05) is 0 Å². The smallest absolute Gasteiger partial charge is 0.261 e. The van der Waals surface area contributed by atoms with Gasteiger partial charge in [0.25, 0.3) is 5.91 Å². The van der Waals surface area contributed by atoms with Crippen molar-refractivity contribution in [3.05, 3.63) is 59.4 Å². The minimum atomic E-state index is -0.550. The minimum Gasteiger partial charge on any atom is -0.492 e. The van der Waals surface area contributed by atoms with Crippen LogP contribution in [0.25, 0.3) is 0 Å². The Morgan fingerprint density at radius 3 is 2.56 bits per heavy atom. The lowest BCUT2D eigenvalue weighted by Crippen LogP contribution is -2.39. The highest BCUT2D eigenvalue weighted by molar-refractivity contribution is 5.81. The fraction of sp³-hybridized carbons (Fsp3) is 0.350. The summed E-state index contributed by atoms with van der Waals surface area (Å²) in [5.41, 5.74) is 2.08. The third kappa shape index (κ3) is 5.78. The van der Waals surface area contributed by atoms with E-state index in [1.54, 1.807) is 12.1 Å². The van der Waals surface area contributed by atoms with Gasteiger partial charge in [-0.05, 0) is 61.7 Å². The molecule has 0 unspecified atom stereocenters. The molecule has 134 valence electrons. The van der Waals surface area contributed by atoms with E-state index in [9.17, 15) is 9.18 Å². The minimum absolute atomic E-state index is 0.175. The van der Waals surface area contributed by atoms with Gasteiger partial charge in [0.15, 0.2) is 6.10 Å². The lowest BCUT2D eigenvalue weighted by Gasteiger charge is -2.19. The Balaban J connectivity index is 1.81. The Hall–Kier alpha value is -2.56. The molecular weight excluding hydrogens is 321 g/mol. The summed E-state index contributed by atoms with van der Waals surface area (Å²) in [5, 5.41) is 2.81. The summed E-state index contributed by atoms with van der Waals surface area (Å²) >= 11 is 0. The average molecular weight is 345 g/mol. The molecule has 0 saturated carbocycles. The van der Waals surface area contributed by atoms with Crippen molar-refractivity contribution in [3.8, 4) is 11.5 Å². The van der Waals surface area contributed by atoms with Crippen LogP contribution in [0.4, 0.5) is 4.39 Å². The Kier molecular flexibility index (Phi) is 6.81. The van der Waals surface area contributed by atoms with E-state index >= 15 is 0 Å². The molecule has 0 aliphatic heterocycles. The molecule has 1 amide bonds. The molecule has 0 heterocycles. The summed E-state index contributed by atoms with van der Waals surface area (Å²) in [6.45, 7) is 6.50. The molecule has 2 aromatic carbocycles. The van der Waals surface area contributed by atoms with E-state index in [1.807, 2.05) is 39.0 Å². The second-order valence-corrected chi connectivity index (χ2v) is 5.88. The Labute approximate surface area is 148 Å². The quantitative estimate of drug-likeness (QED) is 0.741. The number of halogens is 1. The van der Waals surface area contributed by atoms with Crippen molar-refractivity contribution in [2.24, 2.45) is 0 Å². The van der Waals surface area contributed by atoms with Crippen LogP contribution in [0.5, 0.6) is 11.5 Å². The van der Waals surface area contributed by atoms with Crippen molar-refractivity contribution in [1.29, 1.82) is 0 Å². The summed E-state index contributed by atoms with van der Waals surface area (Å²) < 4.78 is 24.1. The van der Waals surface area contributed by atoms with Gasteiger partial charge in [0.05, 0.1) is 6.54 Å². The Bertz CT molecular complexity index is 701. The highest BCUT2D eigenvalue weighted by Gasteiger charge is 2.18. The van der Waals surface area contributed by atoms with Gasteiger partial charge in [-0.25, -0.2) is 4.39 Å². The maximum absolute atomic E-state index is 12.8. The molecule has 0 aliphatic rings. The fourth-order valence-corrected chi connectivity index (χ4v) is 2.30. The van der Waals surface area contributed by atoms with Gasteiger partial charge in [-0.3, -0.25) is 4.79 Å². The van der Waals surface area contributed by atoms with Crippen molar-refractivity contribution < 1.29 is 18.7 Å². The molecule has 0 aromatic heterocycles. The van der Waals surface area contributed by atoms with Crippen molar-refractivity contribution >= 4 is 5.91 Å². The Morgan fingerprint density at radius 1 is 1.16 bits per heavy atom. The normalized spacial score (nSPS) is 11.7. The molecule has 1 atom stereocenters. The zero-order chi connectivity index (χ0) is 18.2. The average Bonchev–Trinajstić information content (AvgIpc) is 2.60. The SMILES string of the molecule is CC[C@@H](Oc1cc(C)ccc1C)C(=O)NCCOc1ccc(F)cc1. The number of hydrogen-bond acceptors (Lipinski definition) is 3. The van der Waals surface area contributed by atoms with Crippen molar-refractivity contribution in [1.82, 2.24) is 5.32 Å². The highest BCUT2D eigenvalue weighted by Crippen LogP contribution is 2.21. The van der Waals surface area contributed by atoms with Crippen LogP contribution in [-0.2, 0) is 4.79 Å². The van der Waals surface area contributed by atoms with Gasteiger partial charge in [0.2, 0.25) is 0 Å². The number of hydrogen-bond donors (Lipinski definition) is 1. The molecule has 0 saturated heterocycles. The maximum atomic E-state index is 12.8. The second-order valence-electron chi connectivity index (χ2n) is 5.88. The molecule has 4 nitrogen and oxygen atoms in total. The number of benzene rings is 2. The summed E-state index contributed by atoms with van der Waals surface area (Å²) in [6, 6.07) is 11.7. The maximum Gasteiger partial charge on any atom is 0.261 e. The molecule has 0 spiro atoms. The fourth-order valence-electron chi connectivity index (χ4n) is 2.30. The molecule has 0 bridgehead atoms. The van der Waals surface area contributed by atoms with E-state index in [-0.39, 0.29) is 11.7 Å². The topological polar surface area (TPSA) is 47.6 Å². The molecule has 0 radical (unpaired) electrons. The van der Waals surface area contributed by atoms with E-state index in [1.165, 1.54) is 12.1 Å². The predicted molar refractivity (Wildman–Crippen MR) is 95.5 cm³/mol. The highest BCUT2D eigenvalue weighted by atomic mass is 19.1. The number of amides is 1. The largest absolute Gasteiger partial charge is 0.492 e. The summed E-state index contributed by atoms with van der Waals surface area (Å²) in [7, 11) is 0. The van der Waals surface area contributed by atoms with Gasteiger partial charge < -0.3 is 14.8 Å². The molecular formula is C20H24FNO3. The first kappa shape index (κ1) is 18.8. The summed E-state index contributed by atoms with van der Waals surface area (Å²) in [6.07, 6.45) is 0.0178. The van der Waals surface area contributed by atoms with E-state index in [0.29, 0.717) is 25.3 Å². The predicted octanol–water partition coefficient (Wildman–Crippen LogP) is 3.80. The van der Waals surface area contributed by atoms with Gasteiger partial charge in [-0.15, -0.1) is 0 Å². The van der Waals surface area contributed by atoms with Crippen LogP contribution < -0.4 is 14.8 Å². The number of carbonyl (C=O) groups is 1. The first-order valence-corrected chi connectivity index (χ1v) is 8.39. The zero-order valence-electron chi connectivity index (χ0n) is 14.8. The molecule has 2 rings (SSSR count). The monoisotopic (exact) mass is 345 g/mol. The third-order valence-electron chi connectivity index (χ3n) is 3.76. The standard InChI is InChI=1S/C20H24FNO3/c1-4-18(25-19-13-14(2)5-6-15(19)3)20(23)22-11-12-24-17-9-7-16(21)8-10-17/h5-10,13,18H,4,11-12H2,1-3H3,(H,22,23)/t18-/m1/s1. The zero-order valence-corrected chi connectivity index (χ0v) is 14.8. The number of rotatable bonds is 8. The van der Waals surface area contributed by atoms with Crippen LogP contribution in [0, 0.1) is 19.7 Å². The molecule has 2 aromatic rings. The van der Waals surface area contributed by atoms with Gasteiger partial charge in [-0.1, -0.05) is 19.1 Å². The van der Waals surface area contributed by atoms with Crippen LogP contribution in [-0.4, -0.2) is 25.2 Å². The second kappa shape index (κ2) is 9.06. The lowest BCUT2D eigenvalue weighted by molar-refractivity contribution is -0.128. The van der Waals surface area contributed by atoms with Crippen molar-refractivity contribution in [2.45, 2.75) is 33.3 Å². The van der Waals surface area contributed by atoms with Crippen LogP contribution in [0.1, 0.15) is 24.5 Å². The number of carbonyl (C=O) groups excluding carboxylic acids is 1. The molecule has 5 heteroatoms. The third-order valence-corrected chi connectivity index (χ3v) is 3.76. The molecule has 0 aliphatic carbocycles. The van der Waals surface area contributed by atoms with Gasteiger partial charge in [-0.2, -0.15) is 0 Å². The summed E-state index contributed by atoms with van der Waals surface area (Å²) in [5.74, 6) is 0.806. The number of ether oxygens (including phenoxy) is 2.